The van der Waals surface area contributed by atoms with Crippen molar-refractivity contribution < 1.29 is 4.79 Å². The molecule has 0 aromatic heterocycles. The van der Waals surface area contributed by atoms with Crippen LogP contribution in [0.25, 0.3) is 0 Å². The summed E-state index contributed by atoms with van der Waals surface area (Å²) in [6, 6.07) is 6.63. The molecule has 1 aliphatic rings. The fraction of sp³-hybridized carbons (Fsp3) is 0.500. The fourth-order valence-corrected chi connectivity index (χ4v) is 2.31. The van der Waals surface area contributed by atoms with Gasteiger partial charge in [-0.25, -0.2) is 0 Å². The zero-order valence-electron chi connectivity index (χ0n) is 10.1. The molecule has 2 rings (SSSR count). The Hall–Kier alpha value is -1.31. The molecule has 1 heterocycles. The predicted molar refractivity (Wildman–Crippen MR) is 67.0 cm³/mol. The molecule has 0 saturated carbocycles. The van der Waals surface area contributed by atoms with Gasteiger partial charge >= 0.3 is 0 Å². The summed E-state index contributed by atoms with van der Waals surface area (Å²) in [6.07, 6.45) is 3.95. The topological polar surface area (TPSA) is 20.3 Å². The lowest BCUT2D eigenvalue weighted by Gasteiger charge is -2.27. The van der Waals surface area contributed by atoms with Gasteiger partial charge in [0.1, 0.15) is 5.78 Å². The first-order valence-corrected chi connectivity index (χ1v) is 5.99. The fourth-order valence-electron chi connectivity index (χ4n) is 2.31. The van der Waals surface area contributed by atoms with Gasteiger partial charge < -0.3 is 9.69 Å². The van der Waals surface area contributed by atoms with E-state index in [0.717, 1.165) is 13.0 Å². The van der Waals surface area contributed by atoms with Crippen LogP contribution in [0.15, 0.2) is 18.2 Å². The van der Waals surface area contributed by atoms with Crippen LogP contribution in [-0.4, -0.2) is 19.4 Å². The summed E-state index contributed by atoms with van der Waals surface area (Å²) in [7, 11) is 2.15. The van der Waals surface area contributed by atoms with Crippen molar-refractivity contribution in [3.05, 3.63) is 29.3 Å². The number of Topliss-reactive ketones (excluding diaryl/α,β-unsaturated/α-hetero) is 1. The lowest BCUT2D eigenvalue weighted by Crippen LogP contribution is -2.24. The van der Waals surface area contributed by atoms with E-state index in [2.05, 4.69) is 30.1 Å². The average Bonchev–Trinajstić information content (AvgIpc) is 2.26. The van der Waals surface area contributed by atoms with Crippen LogP contribution in [0.3, 0.4) is 0 Å². The minimum absolute atomic E-state index is 0.273. The molecule has 0 fully saturated rings. The molecule has 0 aliphatic carbocycles. The zero-order valence-corrected chi connectivity index (χ0v) is 10.1. The maximum absolute atomic E-state index is 10.9. The zero-order chi connectivity index (χ0) is 11.5. The van der Waals surface area contributed by atoms with Gasteiger partial charge in [-0.2, -0.15) is 0 Å². The first-order chi connectivity index (χ1) is 7.66. The number of rotatable bonds is 3. The highest BCUT2D eigenvalue weighted by Gasteiger charge is 2.13. The Morgan fingerprint density at radius 1 is 1.44 bits per heavy atom. The quantitative estimate of drug-likeness (QED) is 0.775. The van der Waals surface area contributed by atoms with Crippen molar-refractivity contribution in [2.24, 2.45) is 0 Å². The van der Waals surface area contributed by atoms with Crippen molar-refractivity contribution in [3.63, 3.8) is 0 Å². The maximum atomic E-state index is 10.9. The Bertz CT molecular complexity index is 398. The Balaban J connectivity index is 2.15. The smallest absolute Gasteiger partial charge is 0.130 e. The van der Waals surface area contributed by atoms with Crippen molar-refractivity contribution >= 4 is 11.5 Å². The van der Waals surface area contributed by atoms with E-state index in [1.165, 1.54) is 29.7 Å². The van der Waals surface area contributed by atoms with Crippen molar-refractivity contribution in [3.8, 4) is 0 Å². The highest BCUT2D eigenvalue weighted by Crippen LogP contribution is 2.27. The van der Waals surface area contributed by atoms with Gasteiger partial charge in [0.05, 0.1) is 0 Å². The molecule has 1 aliphatic heterocycles. The summed E-state index contributed by atoms with van der Waals surface area (Å²) in [5, 5.41) is 0. The molecule has 0 atom stereocenters. The summed E-state index contributed by atoms with van der Waals surface area (Å²) < 4.78 is 0. The monoisotopic (exact) mass is 217 g/mol. The van der Waals surface area contributed by atoms with Gasteiger partial charge in [-0.1, -0.05) is 12.1 Å². The number of anilines is 1. The van der Waals surface area contributed by atoms with E-state index < -0.39 is 0 Å². The van der Waals surface area contributed by atoms with Crippen LogP contribution in [-0.2, 0) is 17.6 Å². The predicted octanol–water partition coefficient (Wildman–Crippen LogP) is 2.59. The van der Waals surface area contributed by atoms with E-state index in [9.17, 15) is 4.79 Å². The number of ketones is 1. The van der Waals surface area contributed by atoms with E-state index >= 15 is 0 Å². The molecular weight excluding hydrogens is 198 g/mol. The summed E-state index contributed by atoms with van der Waals surface area (Å²) >= 11 is 0. The third-order valence-corrected chi connectivity index (χ3v) is 3.26. The molecule has 2 nitrogen and oxygen atoms in total. The number of hydrogen-bond donors (Lipinski definition) is 0. The molecule has 1 aromatic carbocycles. The molecule has 0 saturated heterocycles. The normalized spacial score (nSPS) is 14.8. The molecular formula is C14H19NO. The molecule has 1 aromatic rings. The van der Waals surface area contributed by atoms with Crippen LogP contribution in [0, 0.1) is 0 Å². The first kappa shape index (κ1) is 11.2. The van der Waals surface area contributed by atoms with Gasteiger partial charge in [0.25, 0.3) is 0 Å². The van der Waals surface area contributed by atoms with Gasteiger partial charge in [0.2, 0.25) is 0 Å². The molecule has 0 bridgehead atoms. The van der Waals surface area contributed by atoms with Crippen LogP contribution in [0.2, 0.25) is 0 Å². The second-order valence-corrected chi connectivity index (χ2v) is 4.69. The second kappa shape index (κ2) is 4.69. The third kappa shape index (κ3) is 2.43. The van der Waals surface area contributed by atoms with Crippen LogP contribution in [0.4, 0.5) is 5.69 Å². The molecule has 16 heavy (non-hydrogen) atoms. The van der Waals surface area contributed by atoms with E-state index in [1.807, 2.05) is 0 Å². The van der Waals surface area contributed by atoms with Gasteiger partial charge in [-0.15, -0.1) is 0 Å². The number of aryl methyl sites for hydroxylation is 2. The largest absolute Gasteiger partial charge is 0.374 e. The maximum Gasteiger partial charge on any atom is 0.130 e. The number of benzene rings is 1. The van der Waals surface area contributed by atoms with E-state index in [-0.39, 0.29) is 5.78 Å². The van der Waals surface area contributed by atoms with Gasteiger partial charge in [-0.3, -0.25) is 0 Å². The molecule has 0 spiro atoms. The lowest BCUT2D eigenvalue weighted by atomic mass is 9.97. The van der Waals surface area contributed by atoms with Crippen LogP contribution in [0.1, 0.15) is 30.9 Å². The SMILES string of the molecule is CC(=O)CCc1ccc2c(c1)CCCN2C. The Morgan fingerprint density at radius 2 is 2.25 bits per heavy atom. The van der Waals surface area contributed by atoms with Crippen LogP contribution in [0.5, 0.6) is 0 Å². The molecule has 0 N–H and O–H groups in total. The van der Waals surface area contributed by atoms with Gasteiger partial charge in [-0.05, 0) is 43.4 Å². The Labute approximate surface area is 97.3 Å². The van der Waals surface area contributed by atoms with Crippen LogP contribution >= 0.6 is 0 Å². The van der Waals surface area contributed by atoms with Crippen molar-refractivity contribution in [2.75, 3.05) is 18.5 Å². The summed E-state index contributed by atoms with van der Waals surface area (Å²) in [5.41, 5.74) is 4.09. The lowest BCUT2D eigenvalue weighted by molar-refractivity contribution is -0.116. The molecule has 0 amide bonds. The summed E-state index contributed by atoms with van der Waals surface area (Å²) in [6.45, 7) is 2.81. The minimum atomic E-state index is 0.273. The first-order valence-electron chi connectivity index (χ1n) is 5.99. The standard InChI is InChI=1S/C14H19NO/c1-11(16)5-6-12-7-8-14-13(10-12)4-3-9-15(14)2/h7-8,10H,3-6,9H2,1-2H3. The minimum Gasteiger partial charge on any atom is -0.374 e. The Morgan fingerprint density at radius 3 is 3.00 bits per heavy atom. The molecule has 2 heteroatoms. The Kier molecular flexibility index (Phi) is 3.28. The van der Waals surface area contributed by atoms with E-state index in [4.69, 9.17) is 0 Å². The highest BCUT2D eigenvalue weighted by atomic mass is 16.1. The number of nitrogens with zero attached hydrogens (tertiary/aromatic N) is 1. The second-order valence-electron chi connectivity index (χ2n) is 4.69. The van der Waals surface area contributed by atoms with Crippen molar-refractivity contribution in [2.45, 2.75) is 32.6 Å². The third-order valence-electron chi connectivity index (χ3n) is 3.26. The van der Waals surface area contributed by atoms with E-state index in [1.54, 1.807) is 6.92 Å². The molecule has 0 radical (unpaired) electrons. The van der Waals surface area contributed by atoms with E-state index in [0.29, 0.717) is 6.42 Å². The summed E-state index contributed by atoms with van der Waals surface area (Å²) in [5.74, 6) is 0.273. The highest BCUT2D eigenvalue weighted by molar-refractivity contribution is 5.75. The summed E-state index contributed by atoms with van der Waals surface area (Å²) in [4.78, 5) is 13.3. The van der Waals surface area contributed by atoms with Crippen molar-refractivity contribution in [1.82, 2.24) is 0 Å². The number of hydrogen-bond acceptors (Lipinski definition) is 2. The van der Waals surface area contributed by atoms with Gasteiger partial charge in [0.15, 0.2) is 0 Å². The molecule has 86 valence electrons. The van der Waals surface area contributed by atoms with Crippen molar-refractivity contribution in [1.29, 1.82) is 0 Å². The number of carbonyl (C=O) groups excluding carboxylic acids is 1. The average molecular weight is 217 g/mol. The van der Waals surface area contributed by atoms with Crippen LogP contribution < -0.4 is 4.90 Å². The molecule has 0 unspecified atom stereocenters. The van der Waals surface area contributed by atoms with Gasteiger partial charge in [0, 0.05) is 25.7 Å². The number of carbonyl (C=O) groups is 1. The number of fused-ring (bicyclic) bond motifs is 1.